The molecule has 7 nitrogen and oxygen atoms in total. The van der Waals surface area contributed by atoms with Crippen molar-refractivity contribution < 1.29 is 4.79 Å². The summed E-state index contributed by atoms with van der Waals surface area (Å²) in [7, 11) is 4.25. The molecular formula is C19H34N6O. The standard InChI is InChI=1S/C19H34N6O/c1-23(2)14-15-24-12-4-17(5-13-24)16-21-18(26)19(6-9-20-10-7-19)25-11-3-8-22-25/h3,8,11,17,20H,4-7,9-10,12-16H2,1-2H3,(H,21,26). The first kappa shape index (κ1) is 19.3. The normalized spacial score (nSPS) is 21.8. The van der Waals surface area contributed by atoms with Gasteiger partial charge in [-0.15, -0.1) is 0 Å². The molecule has 0 aliphatic carbocycles. The number of likely N-dealkylation sites (tertiary alicyclic amines) is 1. The topological polar surface area (TPSA) is 65.4 Å². The predicted molar refractivity (Wildman–Crippen MR) is 103 cm³/mol. The Hall–Kier alpha value is -1.44. The van der Waals surface area contributed by atoms with Gasteiger partial charge in [0.15, 0.2) is 0 Å². The molecule has 3 rings (SSSR count). The molecule has 2 saturated heterocycles. The van der Waals surface area contributed by atoms with Crippen molar-refractivity contribution in [2.45, 2.75) is 31.2 Å². The number of amides is 1. The van der Waals surface area contributed by atoms with Gasteiger partial charge in [-0.25, -0.2) is 0 Å². The van der Waals surface area contributed by atoms with E-state index in [1.165, 1.54) is 12.8 Å². The van der Waals surface area contributed by atoms with Crippen molar-refractivity contribution in [1.82, 2.24) is 30.2 Å². The molecule has 7 heteroatoms. The Bertz CT molecular complexity index is 544. The Morgan fingerprint density at radius 3 is 2.65 bits per heavy atom. The number of nitrogens with zero attached hydrogens (tertiary/aromatic N) is 4. The van der Waals surface area contributed by atoms with Gasteiger partial charge in [-0.2, -0.15) is 5.10 Å². The van der Waals surface area contributed by atoms with Crippen molar-refractivity contribution in [2.24, 2.45) is 5.92 Å². The van der Waals surface area contributed by atoms with Crippen molar-refractivity contribution in [3.05, 3.63) is 18.5 Å². The van der Waals surface area contributed by atoms with Crippen molar-refractivity contribution in [3.8, 4) is 0 Å². The average molecular weight is 363 g/mol. The molecular weight excluding hydrogens is 328 g/mol. The third-order valence-electron chi connectivity index (χ3n) is 5.92. The number of hydrogen-bond acceptors (Lipinski definition) is 5. The van der Waals surface area contributed by atoms with E-state index < -0.39 is 5.54 Å². The van der Waals surface area contributed by atoms with E-state index in [9.17, 15) is 4.79 Å². The van der Waals surface area contributed by atoms with Gasteiger partial charge in [-0.1, -0.05) is 0 Å². The fraction of sp³-hybridized carbons (Fsp3) is 0.789. The first-order chi connectivity index (χ1) is 12.6. The highest BCUT2D eigenvalue weighted by atomic mass is 16.2. The molecule has 3 heterocycles. The maximum atomic E-state index is 13.1. The van der Waals surface area contributed by atoms with E-state index >= 15 is 0 Å². The molecule has 2 aliphatic heterocycles. The van der Waals surface area contributed by atoms with Gasteiger partial charge in [0.05, 0.1) is 0 Å². The largest absolute Gasteiger partial charge is 0.354 e. The van der Waals surface area contributed by atoms with Crippen LogP contribution in [0.3, 0.4) is 0 Å². The lowest BCUT2D eigenvalue weighted by atomic mass is 9.87. The quantitative estimate of drug-likeness (QED) is 0.733. The smallest absolute Gasteiger partial charge is 0.248 e. The van der Waals surface area contributed by atoms with Gasteiger partial charge in [0.25, 0.3) is 0 Å². The Morgan fingerprint density at radius 1 is 1.31 bits per heavy atom. The van der Waals surface area contributed by atoms with Crippen molar-refractivity contribution >= 4 is 5.91 Å². The predicted octanol–water partition coefficient (Wildman–Crippen LogP) is 0.352. The highest BCUT2D eigenvalue weighted by molar-refractivity contribution is 5.84. The van der Waals surface area contributed by atoms with Gasteiger partial charge in [0.1, 0.15) is 5.54 Å². The number of carbonyl (C=O) groups is 1. The Morgan fingerprint density at radius 2 is 2.04 bits per heavy atom. The second kappa shape index (κ2) is 8.97. The first-order valence-corrected chi connectivity index (χ1v) is 9.96. The van der Waals surface area contributed by atoms with Crippen molar-refractivity contribution in [1.29, 1.82) is 0 Å². The highest BCUT2D eigenvalue weighted by Crippen LogP contribution is 2.27. The molecule has 0 aromatic carbocycles. The third-order valence-corrected chi connectivity index (χ3v) is 5.92. The Balaban J connectivity index is 1.49. The minimum absolute atomic E-state index is 0.137. The average Bonchev–Trinajstić information content (AvgIpc) is 3.21. The van der Waals surface area contributed by atoms with Gasteiger partial charge in [0.2, 0.25) is 5.91 Å². The van der Waals surface area contributed by atoms with Crippen LogP contribution in [-0.2, 0) is 10.3 Å². The molecule has 1 aromatic heterocycles. The Kier molecular flexibility index (Phi) is 6.67. The summed E-state index contributed by atoms with van der Waals surface area (Å²) in [5.74, 6) is 0.726. The number of aromatic nitrogens is 2. The molecule has 1 amide bonds. The van der Waals surface area contributed by atoms with E-state index in [1.807, 2.05) is 16.9 Å². The minimum atomic E-state index is -0.527. The van der Waals surface area contributed by atoms with Gasteiger partial charge < -0.3 is 20.4 Å². The molecule has 0 unspecified atom stereocenters. The van der Waals surface area contributed by atoms with Gasteiger partial charge in [0, 0.05) is 32.0 Å². The zero-order chi connectivity index (χ0) is 18.4. The van der Waals surface area contributed by atoms with E-state index in [4.69, 9.17) is 0 Å². The second-order valence-corrected chi connectivity index (χ2v) is 8.03. The van der Waals surface area contributed by atoms with Crippen LogP contribution in [0, 0.1) is 5.92 Å². The summed E-state index contributed by atoms with van der Waals surface area (Å²) >= 11 is 0. The number of hydrogen-bond donors (Lipinski definition) is 2. The molecule has 2 aliphatic rings. The fourth-order valence-electron chi connectivity index (χ4n) is 4.08. The number of nitrogens with one attached hydrogen (secondary N) is 2. The van der Waals surface area contributed by atoms with E-state index in [2.05, 4.69) is 39.6 Å². The van der Waals surface area contributed by atoms with Crippen LogP contribution >= 0.6 is 0 Å². The second-order valence-electron chi connectivity index (χ2n) is 8.03. The molecule has 1 aromatic rings. The van der Waals surface area contributed by atoms with Crippen LogP contribution in [0.4, 0.5) is 0 Å². The van der Waals surface area contributed by atoms with E-state index in [-0.39, 0.29) is 5.91 Å². The number of carbonyl (C=O) groups excluding carboxylic acids is 1. The number of likely N-dealkylation sites (N-methyl/N-ethyl adjacent to an activating group) is 1. The van der Waals surface area contributed by atoms with E-state index in [0.29, 0.717) is 5.92 Å². The molecule has 26 heavy (non-hydrogen) atoms. The molecule has 0 saturated carbocycles. The van der Waals surface area contributed by atoms with Crippen molar-refractivity contribution in [3.63, 3.8) is 0 Å². The number of piperidine rings is 2. The summed E-state index contributed by atoms with van der Waals surface area (Å²) in [5, 5.41) is 11.0. The zero-order valence-corrected chi connectivity index (χ0v) is 16.3. The minimum Gasteiger partial charge on any atom is -0.354 e. The summed E-state index contributed by atoms with van der Waals surface area (Å²) in [6, 6.07) is 1.90. The first-order valence-electron chi connectivity index (χ1n) is 9.96. The van der Waals surface area contributed by atoms with Gasteiger partial charge in [-0.05, 0) is 77.9 Å². The van der Waals surface area contributed by atoms with Crippen LogP contribution < -0.4 is 10.6 Å². The van der Waals surface area contributed by atoms with Crippen LogP contribution in [0.5, 0.6) is 0 Å². The number of rotatable bonds is 7. The van der Waals surface area contributed by atoms with Crippen LogP contribution in [0.15, 0.2) is 18.5 Å². The van der Waals surface area contributed by atoms with Crippen LogP contribution in [0.2, 0.25) is 0 Å². The van der Waals surface area contributed by atoms with Crippen LogP contribution in [-0.4, -0.2) is 85.4 Å². The SMILES string of the molecule is CN(C)CCN1CCC(CNC(=O)C2(n3cccn3)CCNCC2)CC1. The maximum Gasteiger partial charge on any atom is 0.248 e. The molecule has 146 valence electrons. The monoisotopic (exact) mass is 362 g/mol. The van der Waals surface area contributed by atoms with Crippen LogP contribution in [0.25, 0.3) is 0 Å². The molecule has 2 N–H and O–H groups in total. The molecule has 0 bridgehead atoms. The fourth-order valence-corrected chi connectivity index (χ4v) is 4.08. The molecule has 2 fully saturated rings. The summed E-state index contributed by atoms with van der Waals surface area (Å²) in [6.07, 6.45) is 7.62. The summed E-state index contributed by atoms with van der Waals surface area (Å²) < 4.78 is 1.87. The van der Waals surface area contributed by atoms with Crippen molar-refractivity contribution in [2.75, 3.05) is 59.9 Å². The molecule has 0 spiro atoms. The highest BCUT2D eigenvalue weighted by Gasteiger charge is 2.42. The van der Waals surface area contributed by atoms with Gasteiger partial charge >= 0.3 is 0 Å². The third kappa shape index (κ3) is 4.64. The molecule has 0 radical (unpaired) electrons. The lowest BCUT2D eigenvalue weighted by Gasteiger charge is -2.37. The zero-order valence-electron chi connectivity index (χ0n) is 16.3. The summed E-state index contributed by atoms with van der Waals surface area (Å²) in [6.45, 7) is 7.04. The summed E-state index contributed by atoms with van der Waals surface area (Å²) in [5.41, 5.74) is -0.527. The molecule has 0 atom stereocenters. The van der Waals surface area contributed by atoms with Crippen LogP contribution in [0.1, 0.15) is 25.7 Å². The van der Waals surface area contributed by atoms with E-state index in [0.717, 1.165) is 58.7 Å². The van der Waals surface area contributed by atoms with E-state index in [1.54, 1.807) is 6.20 Å². The van der Waals surface area contributed by atoms with Gasteiger partial charge in [-0.3, -0.25) is 9.48 Å². The lowest BCUT2D eigenvalue weighted by Crippen LogP contribution is -2.55. The maximum absolute atomic E-state index is 13.1. The summed E-state index contributed by atoms with van der Waals surface area (Å²) in [4.78, 5) is 17.9. The lowest BCUT2D eigenvalue weighted by molar-refractivity contribution is -0.132. The Labute approximate surface area is 157 Å².